The normalized spacial score (nSPS) is 10.7. The van der Waals surface area contributed by atoms with Gasteiger partial charge in [-0.05, 0) is 0 Å². The molecule has 0 bridgehead atoms. The SMILES string of the molecule is CNc1nc(NC(CO)CO)nc(-n2cncn2)n1. The molecule has 19 heavy (non-hydrogen) atoms. The second-order valence-corrected chi connectivity index (χ2v) is 3.58. The summed E-state index contributed by atoms with van der Waals surface area (Å²) in [6.45, 7) is -0.481. The van der Waals surface area contributed by atoms with Crippen LogP contribution in [0.3, 0.4) is 0 Å². The lowest BCUT2D eigenvalue weighted by atomic mass is 10.3. The van der Waals surface area contributed by atoms with Gasteiger partial charge in [0, 0.05) is 7.05 Å². The quantitative estimate of drug-likeness (QED) is 0.480. The van der Waals surface area contributed by atoms with E-state index >= 15 is 0 Å². The average Bonchev–Trinajstić information content (AvgIpc) is 2.98. The molecule has 0 aliphatic rings. The van der Waals surface area contributed by atoms with Crippen LogP contribution in [0.2, 0.25) is 0 Å². The van der Waals surface area contributed by atoms with Gasteiger partial charge in [-0.2, -0.15) is 24.7 Å². The van der Waals surface area contributed by atoms with E-state index in [4.69, 9.17) is 10.2 Å². The van der Waals surface area contributed by atoms with Gasteiger partial charge in [-0.1, -0.05) is 0 Å². The van der Waals surface area contributed by atoms with Crippen LogP contribution in [0.1, 0.15) is 0 Å². The van der Waals surface area contributed by atoms with E-state index in [2.05, 4.69) is 35.7 Å². The number of hydrogen-bond donors (Lipinski definition) is 4. The molecule has 2 heterocycles. The molecule has 0 aromatic carbocycles. The maximum atomic E-state index is 9.03. The van der Waals surface area contributed by atoms with Crippen molar-refractivity contribution in [2.24, 2.45) is 0 Å². The molecule has 0 unspecified atom stereocenters. The van der Waals surface area contributed by atoms with E-state index in [-0.39, 0.29) is 25.1 Å². The van der Waals surface area contributed by atoms with Crippen LogP contribution in [0.5, 0.6) is 0 Å². The first-order valence-corrected chi connectivity index (χ1v) is 5.54. The first kappa shape index (κ1) is 13.1. The third kappa shape index (κ3) is 3.11. The fraction of sp³-hybridized carbons (Fsp3) is 0.444. The predicted octanol–water partition coefficient (Wildman–Crippen LogP) is -1.74. The third-order valence-corrected chi connectivity index (χ3v) is 2.24. The fourth-order valence-electron chi connectivity index (χ4n) is 1.29. The highest BCUT2D eigenvalue weighted by molar-refractivity contribution is 5.37. The van der Waals surface area contributed by atoms with Crippen molar-refractivity contribution in [2.75, 3.05) is 30.9 Å². The van der Waals surface area contributed by atoms with Gasteiger partial charge in [0.1, 0.15) is 12.7 Å². The van der Waals surface area contributed by atoms with Crippen LogP contribution < -0.4 is 10.6 Å². The van der Waals surface area contributed by atoms with E-state index in [0.29, 0.717) is 5.95 Å². The molecule has 0 amide bonds. The highest BCUT2D eigenvalue weighted by Gasteiger charge is 2.11. The molecular formula is C9H14N8O2. The molecule has 0 aliphatic heterocycles. The fourth-order valence-corrected chi connectivity index (χ4v) is 1.29. The lowest BCUT2D eigenvalue weighted by Gasteiger charge is -2.14. The summed E-state index contributed by atoms with van der Waals surface area (Å²) >= 11 is 0. The molecule has 0 radical (unpaired) electrons. The maximum Gasteiger partial charge on any atom is 0.258 e. The van der Waals surface area contributed by atoms with Gasteiger partial charge in [0.05, 0.1) is 19.3 Å². The van der Waals surface area contributed by atoms with Crippen LogP contribution in [0.15, 0.2) is 12.7 Å². The van der Waals surface area contributed by atoms with Crippen molar-refractivity contribution < 1.29 is 10.2 Å². The van der Waals surface area contributed by atoms with Gasteiger partial charge >= 0.3 is 0 Å². The Labute approximate surface area is 108 Å². The zero-order chi connectivity index (χ0) is 13.7. The predicted molar refractivity (Wildman–Crippen MR) is 65.9 cm³/mol. The summed E-state index contributed by atoms with van der Waals surface area (Å²) in [6.07, 6.45) is 2.81. The molecule has 0 spiro atoms. The zero-order valence-corrected chi connectivity index (χ0v) is 10.2. The minimum Gasteiger partial charge on any atom is -0.394 e. The van der Waals surface area contributed by atoms with E-state index < -0.39 is 6.04 Å². The Morgan fingerprint density at radius 1 is 1.21 bits per heavy atom. The summed E-state index contributed by atoms with van der Waals surface area (Å²) in [5, 5.41) is 27.6. The van der Waals surface area contributed by atoms with Gasteiger partial charge in [-0.25, -0.2) is 4.98 Å². The molecule has 2 aromatic heterocycles. The number of nitrogens with one attached hydrogen (secondary N) is 2. The highest BCUT2D eigenvalue weighted by Crippen LogP contribution is 2.08. The maximum absolute atomic E-state index is 9.03. The van der Waals surface area contributed by atoms with Gasteiger partial charge in [0.2, 0.25) is 11.9 Å². The van der Waals surface area contributed by atoms with Crippen LogP contribution in [0.4, 0.5) is 11.9 Å². The van der Waals surface area contributed by atoms with Crippen molar-refractivity contribution in [2.45, 2.75) is 6.04 Å². The first-order valence-electron chi connectivity index (χ1n) is 5.54. The van der Waals surface area contributed by atoms with E-state index in [1.54, 1.807) is 7.05 Å². The monoisotopic (exact) mass is 266 g/mol. The third-order valence-electron chi connectivity index (χ3n) is 2.24. The van der Waals surface area contributed by atoms with Crippen LogP contribution in [0.25, 0.3) is 5.95 Å². The van der Waals surface area contributed by atoms with Crippen molar-refractivity contribution in [3.63, 3.8) is 0 Å². The van der Waals surface area contributed by atoms with Gasteiger partial charge < -0.3 is 20.8 Å². The summed E-state index contributed by atoms with van der Waals surface area (Å²) in [6, 6.07) is -0.546. The zero-order valence-electron chi connectivity index (χ0n) is 10.2. The molecule has 0 atom stereocenters. The van der Waals surface area contributed by atoms with Crippen molar-refractivity contribution in [3.8, 4) is 5.95 Å². The number of rotatable bonds is 6. The minimum atomic E-state index is -0.546. The molecule has 2 aromatic rings. The Morgan fingerprint density at radius 2 is 1.95 bits per heavy atom. The largest absolute Gasteiger partial charge is 0.394 e. The summed E-state index contributed by atoms with van der Waals surface area (Å²) in [7, 11) is 1.67. The van der Waals surface area contributed by atoms with Crippen LogP contribution in [-0.4, -0.2) is 66.2 Å². The van der Waals surface area contributed by atoms with Crippen molar-refractivity contribution in [1.29, 1.82) is 0 Å². The first-order chi connectivity index (χ1) is 9.26. The van der Waals surface area contributed by atoms with Gasteiger partial charge in [0.25, 0.3) is 5.95 Å². The molecule has 4 N–H and O–H groups in total. The average molecular weight is 266 g/mol. The summed E-state index contributed by atoms with van der Waals surface area (Å²) in [5.74, 6) is 0.824. The molecule has 0 saturated carbocycles. The smallest absolute Gasteiger partial charge is 0.258 e. The number of nitrogens with zero attached hydrogens (tertiary/aromatic N) is 6. The standard InChI is InChI=1S/C9H14N8O2/c1-10-7-14-8(13-6(2-18)3-19)16-9(15-7)17-5-11-4-12-17/h4-6,18-19H,2-3H2,1H3,(H2,10,13,14,15,16). The summed E-state index contributed by atoms with van der Waals surface area (Å²) < 4.78 is 1.38. The second kappa shape index (κ2) is 6.02. The van der Waals surface area contributed by atoms with E-state index in [1.165, 1.54) is 17.3 Å². The molecule has 10 nitrogen and oxygen atoms in total. The molecule has 2 rings (SSSR count). The van der Waals surface area contributed by atoms with Crippen LogP contribution in [0, 0.1) is 0 Å². The Bertz CT molecular complexity index is 513. The van der Waals surface area contributed by atoms with E-state index in [9.17, 15) is 0 Å². The Balaban J connectivity index is 2.31. The summed E-state index contributed by atoms with van der Waals surface area (Å²) in [5.41, 5.74) is 0. The lowest BCUT2D eigenvalue weighted by Crippen LogP contribution is -2.29. The van der Waals surface area contributed by atoms with E-state index in [0.717, 1.165) is 0 Å². The number of aliphatic hydroxyl groups excluding tert-OH is 2. The summed E-state index contributed by atoms with van der Waals surface area (Å²) in [4.78, 5) is 16.1. The van der Waals surface area contributed by atoms with Crippen molar-refractivity contribution >= 4 is 11.9 Å². The number of hydrogen-bond acceptors (Lipinski definition) is 9. The van der Waals surface area contributed by atoms with E-state index in [1.807, 2.05) is 0 Å². The number of anilines is 2. The van der Waals surface area contributed by atoms with Gasteiger partial charge in [-0.3, -0.25) is 0 Å². The van der Waals surface area contributed by atoms with Crippen molar-refractivity contribution in [3.05, 3.63) is 12.7 Å². The number of aliphatic hydroxyl groups is 2. The molecule has 10 heteroatoms. The molecule has 0 fully saturated rings. The molecule has 0 saturated heterocycles. The van der Waals surface area contributed by atoms with Gasteiger partial charge in [0.15, 0.2) is 0 Å². The second-order valence-electron chi connectivity index (χ2n) is 3.58. The lowest BCUT2D eigenvalue weighted by molar-refractivity contribution is 0.203. The topological polar surface area (TPSA) is 134 Å². The van der Waals surface area contributed by atoms with Gasteiger partial charge in [-0.15, -0.1) is 0 Å². The molecule has 0 aliphatic carbocycles. The highest BCUT2D eigenvalue weighted by atomic mass is 16.3. The van der Waals surface area contributed by atoms with Crippen LogP contribution >= 0.6 is 0 Å². The molecular weight excluding hydrogens is 252 g/mol. The molecule has 102 valence electrons. The van der Waals surface area contributed by atoms with Crippen LogP contribution in [-0.2, 0) is 0 Å². The Kier molecular flexibility index (Phi) is 4.15. The van der Waals surface area contributed by atoms with Crippen molar-refractivity contribution in [1.82, 2.24) is 29.7 Å². The number of aromatic nitrogens is 6. The minimum absolute atomic E-state index is 0.220. The Morgan fingerprint density at radius 3 is 2.53 bits per heavy atom. The Hall–Kier alpha value is -2.33.